The van der Waals surface area contributed by atoms with E-state index in [9.17, 15) is 9.59 Å². The van der Waals surface area contributed by atoms with Crippen molar-refractivity contribution in [1.82, 2.24) is 0 Å². The molecule has 2 heterocycles. The van der Waals surface area contributed by atoms with Crippen LogP contribution in [0.3, 0.4) is 0 Å². The molecular formula is C20H30O5. The quantitative estimate of drug-likeness (QED) is 0.401. The normalized spacial score (nSPS) is 44.4. The van der Waals surface area contributed by atoms with Crippen molar-refractivity contribution in [3.8, 4) is 0 Å². The first kappa shape index (κ1) is 17.5. The zero-order chi connectivity index (χ0) is 17.7. The summed E-state index contributed by atoms with van der Waals surface area (Å²) in [5.41, 5.74) is 0.227. The van der Waals surface area contributed by atoms with Crippen molar-refractivity contribution in [2.24, 2.45) is 11.8 Å². The maximum atomic E-state index is 12.1. The van der Waals surface area contributed by atoms with E-state index in [1.807, 2.05) is 0 Å². The summed E-state index contributed by atoms with van der Waals surface area (Å²) in [6.07, 6.45) is 8.40. The van der Waals surface area contributed by atoms with Gasteiger partial charge in [-0.15, -0.1) is 0 Å². The highest BCUT2D eigenvalue weighted by molar-refractivity contribution is 5.95. The first-order chi connectivity index (χ1) is 11.9. The Morgan fingerprint density at radius 2 is 1.60 bits per heavy atom. The molecular weight excluding hydrogens is 320 g/mol. The summed E-state index contributed by atoms with van der Waals surface area (Å²) in [4.78, 5) is 24.0. The number of hydrogen-bond acceptors (Lipinski definition) is 5. The Labute approximate surface area is 149 Å². The van der Waals surface area contributed by atoms with E-state index < -0.39 is 0 Å². The zero-order valence-electron chi connectivity index (χ0n) is 15.4. The van der Waals surface area contributed by atoms with Gasteiger partial charge in [-0.3, -0.25) is 9.59 Å². The molecule has 5 nitrogen and oxygen atoms in total. The molecule has 0 amide bonds. The molecule has 4 aliphatic rings. The second-order valence-corrected chi connectivity index (χ2v) is 9.06. The molecule has 140 valence electrons. The van der Waals surface area contributed by atoms with Crippen molar-refractivity contribution in [2.75, 3.05) is 6.61 Å². The van der Waals surface area contributed by atoms with Crippen LogP contribution in [0.15, 0.2) is 0 Å². The fraction of sp³-hybridized carbons (Fsp3) is 0.900. The van der Waals surface area contributed by atoms with Gasteiger partial charge in [0.15, 0.2) is 0 Å². The highest BCUT2D eigenvalue weighted by Crippen LogP contribution is 2.50. The third kappa shape index (κ3) is 3.92. The van der Waals surface area contributed by atoms with Crippen LogP contribution in [0.25, 0.3) is 0 Å². The second kappa shape index (κ2) is 6.34. The van der Waals surface area contributed by atoms with Gasteiger partial charge in [0, 0.05) is 6.42 Å². The van der Waals surface area contributed by atoms with Gasteiger partial charge in [-0.1, -0.05) is 0 Å². The summed E-state index contributed by atoms with van der Waals surface area (Å²) in [7, 11) is 0. The largest absolute Gasteiger partial charge is 0.465 e. The molecule has 0 bridgehead atoms. The monoisotopic (exact) mass is 350 g/mol. The zero-order valence-corrected chi connectivity index (χ0v) is 15.4. The lowest BCUT2D eigenvalue weighted by Gasteiger charge is -2.22. The van der Waals surface area contributed by atoms with Crippen LogP contribution in [0.5, 0.6) is 0 Å². The maximum Gasteiger partial charge on any atom is 0.313 e. The highest BCUT2D eigenvalue weighted by Gasteiger charge is 2.55. The molecule has 4 rings (SSSR count). The van der Waals surface area contributed by atoms with Crippen molar-refractivity contribution in [3.63, 3.8) is 0 Å². The summed E-state index contributed by atoms with van der Waals surface area (Å²) in [6.45, 7) is 4.76. The van der Waals surface area contributed by atoms with E-state index in [0.29, 0.717) is 37.1 Å². The highest BCUT2D eigenvalue weighted by atomic mass is 16.6. The van der Waals surface area contributed by atoms with Crippen LogP contribution in [-0.4, -0.2) is 41.8 Å². The molecule has 0 spiro atoms. The van der Waals surface area contributed by atoms with Gasteiger partial charge in [-0.05, 0) is 70.6 Å². The number of carbonyl (C=O) groups excluding carboxylic acids is 2. The smallest absolute Gasteiger partial charge is 0.313 e. The first-order valence-electron chi connectivity index (χ1n) is 9.89. The minimum Gasteiger partial charge on any atom is -0.465 e. The van der Waals surface area contributed by atoms with E-state index in [0.717, 1.165) is 44.9 Å². The van der Waals surface area contributed by atoms with Crippen LogP contribution in [0, 0.1) is 11.8 Å². The molecule has 0 aromatic rings. The lowest BCUT2D eigenvalue weighted by atomic mass is 9.80. The van der Waals surface area contributed by atoms with Gasteiger partial charge < -0.3 is 14.2 Å². The molecule has 2 saturated carbocycles. The van der Waals surface area contributed by atoms with Crippen LogP contribution in [0.2, 0.25) is 0 Å². The van der Waals surface area contributed by atoms with Crippen molar-refractivity contribution >= 4 is 11.8 Å². The van der Waals surface area contributed by atoms with Crippen LogP contribution >= 0.6 is 0 Å². The molecule has 0 aromatic heterocycles. The van der Waals surface area contributed by atoms with Gasteiger partial charge in [0.2, 0.25) is 0 Å². The molecule has 4 fully saturated rings. The number of ketones is 1. The van der Waals surface area contributed by atoms with E-state index in [1.165, 1.54) is 0 Å². The van der Waals surface area contributed by atoms with Crippen molar-refractivity contribution in [1.29, 1.82) is 0 Å². The molecule has 2 saturated heterocycles. The summed E-state index contributed by atoms with van der Waals surface area (Å²) in [5, 5.41) is 0. The Morgan fingerprint density at radius 3 is 2.24 bits per heavy atom. The van der Waals surface area contributed by atoms with Crippen LogP contribution < -0.4 is 0 Å². The third-order valence-corrected chi connectivity index (χ3v) is 6.92. The standard InChI is InChI=1S/C20H30O5/c1-19-7-5-13(9-16(19)24-19)3-4-15(21)11-18(22)23-12-14-6-8-20(2)17(10-14)25-20/h13-14,16-17H,3-12H2,1-2H3. The Hall–Kier alpha value is -0.940. The lowest BCUT2D eigenvalue weighted by Crippen LogP contribution is -2.25. The number of carbonyl (C=O) groups is 2. The average Bonchev–Trinajstić information content (AvgIpc) is 3.43. The first-order valence-corrected chi connectivity index (χ1v) is 9.89. The van der Waals surface area contributed by atoms with Crippen molar-refractivity contribution in [3.05, 3.63) is 0 Å². The van der Waals surface area contributed by atoms with Crippen molar-refractivity contribution in [2.45, 2.75) is 95.0 Å². The minimum absolute atomic E-state index is 0.0109. The number of hydrogen-bond donors (Lipinski definition) is 0. The molecule has 25 heavy (non-hydrogen) atoms. The predicted molar refractivity (Wildman–Crippen MR) is 91.1 cm³/mol. The summed E-state index contributed by atoms with van der Waals surface area (Å²) in [6, 6.07) is 0. The molecule has 6 unspecified atom stereocenters. The van der Waals surface area contributed by atoms with Gasteiger partial charge in [-0.25, -0.2) is 0 Å². The molecule has 5 heteroatoms. The second-order valence-electron chi connectivity index (χ2n) is 9.06. The molecule has 0 N–H and O–H groups in total. The van der Waals surface area contributed by atoms with E-state index in [-0.39, 0.29) is 29.4 Å². The summed E-state index contributed by atoms with van der Waals surface area (Å²) in [5.74, 6) is 0.596. The van der Waals surface area contributed by atoms with E-state index >= 15 is 0 Å². The average molecular weight is 350 g/mol. The number of Topliss-reactive ketones (excluding diaryl/α,β-unsaturated/α-hetero) is 1. The predicted octanol–water partition coefficient (Wildman–Crippen LogP) is 3.18. The Balaban J connectivity index is 1.09. The number of rotatable bonds is 7. The van der Waals surface area contributed by atoms with Crippen LogP contribution in [0.4, 0.5) is 0 Å². The number of epoxide rings is 2. The van der Waals surface area contributed by atoms with Crippen molar-refractivity contribution < 1.29 is 23.8 Å². The third-order valence-electron chi connectivity index (χ3n) is 6.92. The van der Waals surface area contributed by atoms with Gasteiger partial charge in [0.1, 0.15) is 12.2 Å². The molecule has 2 aliphatic carbocycles. The van der Waals surface area contributed by atoms with E-state index in [4.69, 9.17) is 14.2 Å². The Kier molecular flexibility index (Phi) is 4.43. The van der Waals surface area contributed by atoms with E-state index in [2.05, 4.69) is 13.8 Å². The SMILES string of the molecule is CC12CCC(CCC(=O)CC(=O)OCC3CCC4(C)OC4C3)CC1O2. The molecule has 2 aliphatic heterocycles. The van der Waals surface area contributed by atoms with Crippen LogP contribution in [0.1, 0.15) is 71.6 Å². The molecule has 0 aromatic carbocycles. The number of ether oxygens (including phenoxy) is 3. The minimum atomic E-state index is -0.364. The number of esters is 1. The molecule has 0 radical (unpaired) electrons. The lowest BCUT2D eigenvalue weighted by molar-refractivity contribution is -0.147. The topological polar surface area (TPSA) is 68.4 Å². The fourth-order valence-corrected chi connectivity index (χ4v) is 4.73. The fourth-order valence-electron chi connectivity index (χ4n) is 4.73. The maximum absolute atomic E-state index is 12.1. The Morgan fingerprint density at radius 1 is 1.00 bits per heavy atom. The van der Waals surface area contributed by atoms with Gasteiger partial charge in [-0.2, -0.15) is 0 Å². The summed E-state index contributed by atoms with van der Waals surface area (Å²) >= 11 is 0. The van der Waals surface area contributed by atoms with Gasteiger partial charge in [0.25, 0.3) is 0 Å². The van der Waals surface area contributed by atoms with E-state index in [1.54, 1.807) is 0 Å². The summed E-state index contributed by atoms with van der Waals surface area (Å²) < 4.78 is 16.7. The van der Waals surface area contributed by atoms with Gasteiger partial charge >= 0.3 is 5.97 Å². The Bertz CT molecular complexity index is 512. The van der Waals surface area contributed by atoms with Gasteiger partial charge in [0.05, 0.1) is 30.0 Å². The number of fused-ring (bicyclic) bond motifs is 2. The molecule has 6 atom stereocenters. The van der Waals surface area contributed by atoms with Crippen LogP contribution in [-0.2, 0) is 23.8 Å².